The molecule has 0 aromatic carbocycles. The van der Waals surface area contributed by atoms with Crippen molar-refractivity contribution >= 4 is 40.7 Å². The van der Waals surface area contributed by atoms with Crippen LogP contribution in [0, 0.1) is 5.92 Å². The van der Waals surface area contributed by atoms with Crippen molar-refractivity contribution in [1.29, 1.82) is 0 Å². The molecule has 1 rings (SSSR count). The number of hydrogen-bond acceptors (Lipinski definition) is 2. The Morgan fingerprint density at radius 3 is 2.61 bits per heavy atom. The predicted octanol–water partition coefficient (Wildman–Crippen LogP) is 1.20. The summed E-state index contributed by atoms with van der Waals surface area (Å²) in [7, 11) is 0. The fraction of sp³-hybridized carbons (Fsp3) is 0.909. The first-order valence-electron chi connectivity index (χ1n) is 6.12. The highest BCUT2D eigenvalue weighted by Crippen LogP contribution is 2.27. The topological polar surface area (TPSA) is 54.9 Å². The number of quaternary nitrogens is 1. The molecular weight excluding hydrogens is 298 g/mol. The summed E-state index contributed by atoms with van der Waals surface area (Å²) in [5.41, 5.74) is 0. The zero-order valence-electron chi connectivity index (χ0n) is 10.6. The first kappa shape index (κ1) is 16.3. The van der Waals surface area contributed by atoms with Crippen LogP contribution in [0.2, 0.25) is 0 Å². The summed E-state index contributed by atoms with van der Waals surface area (Å²) in [4.78, 5) is 11.7. The summed E-state index contributed by atoms with van der Waals surface area (Å²) in [5, 5.41) is 4.56. The van der Waals surface area contributed by atoms with E-state index in [-0.39, 0.29) is 17.9 Å². The molecular formula is C11H20Cl3N2O2+. The van der Waals surface area contributed by atoms with Crippen LogP contribution < -0.4 is 10.6 Å². The number of carbonyl (C=O) groups excluding carboxylic acids is 1. The lowest BCUT2D eigenvalue weighted by atomic mass is 10.2. The average Bonchev–Trinajstić information content (AvgIpc) is 2.74. The Labute approximate surface area is 123 Å². The molecule has 18 heavy (non-hydrogen) atoms. The highest BCUT2D eigenvalue weighted by atomic mass is 35.6. The van der Waals surface area contributed by atoms with Gasteiger partial charge in [-0.3, -0.25) is 4.79 Å². The molecule has 1 amide bonds. The number of amides is 1. The number of nitrogens with one attached hydrogen (secondary N) is 1. The third-order valence-electron chi connectivity index (χ3n) is 2.83. The van der Waals surface area contributed by atoms with Crippen LogP contribution in [0.4, 0.5) is 0 Å². The van der Waals surface area contributed by atoms with E-state index in [0.717, 1.165) is 19.4 Å². The number of carbonyl (C=O) groups is 1. The van der Waals surface area contributed by atoms with Gasteiger partial charge in [0.2, 0.25) is 12.1 Å². The molecule has 4 nitrogen and oxygen atoms in total. The normalized spacial score (nSPS) is 22.2. The van der Waals surface area contributed by atoms with E-state index in [0.29, 0.717) is 6.54 Å². The second-order valence-corrected chi connectivity index (χ2v) is 7.16. The van der Waals surface area contributed by atoms with E-state index in [1.165, 1.54) is 0 Å². The van der Waals surface area contributed by atoms with Gasteiger partial charge >= 0.3 is 0 Å². The minimum atomic E-state index is -1.54. The molecule has 0 saturated carbocycles. The molecule has 1 fully saturated rings. The number of hydrogen-bond donors (Lipinski definition) is 2. The number of alkyl halides is 3. The summed E-state index contributed by atoms with van der Waals surface area (Å²) >= 11 is 17.6. The molecule has 0 spiro atoms. The van der Waals surface area contributed by atoms with Gasteiger partial charge in [-0.25, -0.2) is 0 Å². The Morgan fingerprint density at radius 2 is 2.17 bits per heavy atom. The summed E-state index contributed by atoms with van der Waals surface area (Å²) < 4.78 is 3.96. The van der Waals surface area contributed by atoms with Gasteiger partial charge in [0.1, 0.15) is 12.6 Å². The van der Waals surface area contributed by atoms with Crippen LogP contribution in [0.5, 0.6) is 0 Å². The van der Waals surface area contributed by atoms with Crippen LogP contribution in [0.25, 0.3) is 0 Å². The van der Waals surface area contributed by atoms with Gasteiger partial charge in [-0.1, -0.05) is 48.7 Å². The first-order valence-corrected chi connectivity index (χ1v) is 7.26. The molecule has 0 aromatic heterocycles. The van der Waals surface area contributed by atoms with Crippen molar-refractivity contribution in [2.75, 3.05) is 13.2 Å². The summed E-state index contributed by atoms with van der Waals surface area (Å²) in [6.07, 6.45) is 1.66. The summed E-state index contributed by atoms with van der Waals surface area (Å²) in [6, 6.07) is 0. The van der Waals surface area contributed by atoms with E-state index >= 15 is 0 Å². The largest absolute Gasteiger partial charge is 0.372 e. The van der Waals surface area contributed by atoms with Crippen molar-refractivity contribution < 1.29 is 14.8 Å². The molecule has 0 radical (unpaired) electrons. The molecule has 1 saturated heterocycles. The highest BCUT2D eigenvalue weighted by Gasteiger charge is 2.38. The molecule has 1 heterocycles. The van der Waals surface area contributed by atoms with Crippen LogP contribution in [-0.2, 0) is 9.53 Å². The van der Waals surface area contributed by atoms with Crippen molar-refractivity contribution in [3.63, 3.8) is 0 Å². The van der Waals surface area contributed by atoms with E-state index in [1.807, 2.05) is 5.32 Å². The maximum atomic E-state index is 11.7. The van der Waals surface area contributed by atoms with Crippen LogP contribution in [0.3, 0.4) is 0 Å². The molecule has 0 aliphatic carbocycles. The molecule has 7 heteroatoms. The van der Waals surface area contributed by atoms with Gasteiger partial charge in [0.05, 0.1) is 0 Å². The zero-order chi connectivity index (χ0) is 13.8. The lowest BCUT2D eigenvalue weighted by Crippen LogP contribution is -2.98. The Balaban J connectivity index is 2.47. The summed E-state index contributed by atoms with van der Waals surface area (Å²) in [5.74, 6) is -0.272. The SMILES string of the molecule is CC(C)C(=O)N[C@H]([NH2+]C[C@@H]1CCCO1)C(Cl)(Cl)Cl. The third-order valence-corrected chi connectivity index (χ3v) is 3.54. The van der Waals surface area contributed by atoms with Crippen molar-refractivity contribution in [2.24, 2.45) is 5.92 Å². The Bertz CT molecular complexity index is 276. The lowest BCUT2D eigenvalue weighted by Gasteiger charge is -2.25. The zero-order valence-corrected chi connectivity index (χ0v) is 12.9. The standard InChI is InChI=1S/C11H19Cl3N2O2/c1-7(2)9(17)16-10(11(12,13)14)15-6-8-4-3-5-18-8/h7-8,10,15H,3-6H2,1-2H3,(H,16,17)/p+1/t8-,10-/m0/s1. The number of nitrogens with two attached hydrogens (primary N) is 1. The quantitative estimate of drug-likeness (QED) is 0.591. The molecule has 2 atom stereocenters. The first-order chi connectivity index (χ1) is 8.30. The molecule has 1 aliphatic heterocycles. The van der Waals surface area contributed by atoms with Crippen molar-refractivity contribution in [1.82, 2.24) is 5.32 Å². The number of ether oxygens (including phenoxy) is 1. The van der Waals surface area contributed by atoms with E-state index in [1.54, 1.807) is 13.8 Å². The number of halogens is 3. The van der Waals surface area contributed by atoms with E-state index < -0.39 is 9.96 Å². The molecule has 0 bridgehead atoms. The Morgan fingerprint density at radius 1 is 1.50 bits per heavy atom. The second-order valence-electron chi connectivity index (χ2n) is 4.79. The maximum absolute atomic E-state index is 11.7. The van der Waals surface area contributed by atoms with Crippen molar-refractivity contribution in [2.45, 2.75) is 42.8 Å². The second kappa shape index (κ2) is 7.15. The minimum Gasteiger partial charge on any atom is -0.372 e. The molecule has 0 aromatic rings. The summed E-state index contributed by atoms with van der Waals surface area (Å²) in [6.45, 7) is 5.06. The van der Waals surface area contributed by atoms with Gasteiger partial charge in [0.15, 0.2) is 0 Å². The average molecular weight is 319 g/mol. The Hall–Kier alpha value is 0.260. The van der Waals surface area contributed by atoms with Crippen molar-refractivity contribution in [3.05, 3.63) is 0 Å². The van der Waals surface area contributed by atoms with Gasteiger partial charge < -0.3 is 15.4 Å². The predicted molar refractivity (Wildman–Crippen MR) is 72.8 cm³/mol. The van der Waals surface area contributed by atoms with Crippen LogP contribution in [-0.4, -0.2) is 35.1 Å². The fourth-order valence-corrected chi connectivity index (χ4v) is 2.14. The lowest BCUT2D eigenvalue weighted by molar-refractivity contribution is -0.697. The fourth-order valence-electron chi connectivity index (χ4n) is 1.71. The van der Waals surface area contributed by atoms with Gasteiger partial charge in [-0.15, -0.1) is 0 Å². The minimum absolute atomic E-state index is 0.130. The van der Waals surface area contributed by atoms with Crippen molar-refractivity contribution in [3.8, 4) is 0 Å². The third kappa shape index (κ3) is 5.49. The molecule has 106 valence electrons. The van der Waals surface area contributed by atoms with Gasteiger partial charge in [0, 0.05) is 12.5 Å². The van der Waals surface area contributed by atoms with Gasteiger partial charge in [-0.05, 0) is 12.8 Å². The van der Waals surface area contributed by atoms with E-state index in [9.17, 15) is 4.79 Å². The Kier molecular flexibility index (Phi) is 6.48. The molecule has 1 aliphatic rings. The van der Waals surface area contributed by atoms with Gasteiger partial charge in [0.25, 0.3) is 3.79 Å². The van der Waals surface area contributed by atoms with Crippen LogP contribution in [0.1, 0.15) is 26.7 Å². The van der Waals surface area contributed by atoms with Crippen LogP contribution in [0.15, 0.2) is 0 Å². The monoisotopic (exact) mass is 317 g/mol. The van der Waals surface area contributed by atoms with Gasteiger partial charge in [-0.2, -0.15) is 0 Å². The number of rotatable bonds is 5. The maximum Gasteiger partial charge on any atom is 0.262 e. The highest BCUT2D eigenvalue weighted by molar-refractivity contribution is 6.68. The van der Waals surface area contributed by atoms with Crippen LogP contribution >= 0.6 is 34.8 Å². The molecule has 0 unspecified atom stereocenters. The smallest absolute Gasteiger partial charge is 0.262 e. The molecule has 3 N–H and O–H groups in total. The van der Waals surface area contributed by atoms with E-state index in [4.69, 9.17) is 39.5 Å². The van der Waals surface area contributed by atoms with E-state index in [2.05, 4.69) is 5.32 Å².